The number of aromatic nitrogens is 2. The summed E-state index contributed by atoms with van der Waals surface area (Å²) in [5.41, 5.74) is 1.51. The largest absolute Gasteiger partial charge is 0.406 e. The normalized spacial score (nSPS) is 15.5. The first kappa shape index (κ1) is 17.0. The second kappa shape index (κ2) is 6.25. The van der Waals surface area contributed by atoms with E-state index in [-0.39, 0.29) is 12.5 Å². The molecule has 24 heavy (non-hydrogen) atoms. The molecule has 2 heterocycles. The molecule has 1 amide bonds. The lowest BCUT2D eigenvalue weighted by molar-refractivity contribution is -0.158. The standard InChI is InChI=1S/C15H16ClF3N4O/c1-22(8-15(17,18)19)13(24)7-23-12-3-2-10(16)4-11(12)14(21-23)9-5-20-6-9/h2-4,9,20H,5-8H2,1H3. The molecule has 1 fully saturated rings. The van der Waals surface area contributed by atoms with Crippen molar-refractivity contribution in [3.63, 3.8) is 0 Å². The summed E-state index contributed by atoms with van der Waals surface area (Å²) in [6, 6.07) is 5.18. The molecule has 0 unspecified atom stereocenters. The molecule has 0 bridgehead atoms. The molecule has 1 aliphatic heterocycles. The highest BCUT2D eigenvalue weighted by Crippen LogP contribution is 2.29. The molecular formula is C15H16ClF3N4O. The van der Waals surface area contributed by atoms with Crippen molar-refractivity contribution in [3.05, 3.63) is 28.9 Å². The van der Waals surface area contributed by atoms with Gasteiger partial charge in [0.1, 0.15) is 13.1 Å². The number of hydrogen-bond donors (Lipinski definition) is 1. The van der Waals surface area contributed by atoms with Crippen LogP contribution in [0, 0.1) is 0 Å². The molecule has 0 radical (unpaired) electrons. The fourth-order valence-corrected chi connectivity index (χ4v) is 2.86. The first-order valence-electron chi connectivity index (χ1n) is 7.42. The Morgan fingerprint density at radius 2 is 2.17 bits per heavy atom. The minimum absolute atomic E-state index is 0.218. The zero-order valence-electron chi connectivity index (χ0n) is 12.9. The first-order chi connectivity index (χ1) is 11.2. The van der Waals surface area contributed by atoms with Crippen LogP contribution in [0.4, 0.5) is 13.2 Å². The van der Waals surface area contributed by atoms with Gasteiger partial charge in [0.25, 0.3) is 0 Å². The van der Waals surface area contributed by atoms with Crippen LogP contribution >= 0.6 is 11.6 Å². The molecule has 1 N–H and O–H groups in total. The summed E-state index contributed by atoms with van der Waals surface area (Å²) in [4.78, 5) is 12.8. The van der Waals surface area contributed by atoms with E-state index in [1.165, 1.54) is 4.68 Å². The molecule has 5 nitrogen and oxygen atoms in total. The Bertz CT molecular complexity index is 770. The number of hydrogen-bond acceptors (Lipinski definition) is 3. The zero-order valence-corrected chi connectivity index (χ0v) is 13.7. The van der Waals surface area contributed by atoms with Crippen LogP contribution in [0.1, 0.15) is 11.6 Å². The van der Waals surface area contributed by atoms with Crippen molar-refractivity contribution in [1.82, 2.24) is 20.0 Å². The number of amides is 1. The van der Waals surface area contributed by atoms with Gasteiger partial charge in [0, 0.05) is 36.5 Å². The second-order valence-corrected chi connectivity index (χ2v) is 6.36. The van der Waals surface area contributed by atoms with Crippen LogP contribution in [0.15, 0.2) is 18.2 Å². The number of alkyl halides is 3. The van der Waals surface area contributed by atoms with Crippen molar-refractivity contribution in [2.75, 3.05) is 26.7 Å². The number of carbonyl (C=O) groups excluding carboxylic acids is 1. The summed E-state index contributed by atoms with van der Waals surface area (Å²) in [6.07, 6.45) is -4.42. The van der Waals surface area contributed by atoms with E-state index in [2.05, 4.69) is 10.4 Å². The molecule has 0 spiro atoms. The van der Waals surface area contributed by atoms with Gasteiger partial charge < -0.3 is 10.2 Å². The molecule has 0 aliphatic carbocycles. The second-order valence-electron chi connectivity index (χ2n) is 5.92. The SMILES string of the molecule is CN(CC(F)(F)F)C(=O)Cn1nc(C2CNC2)c2cc(Cl)ccc21. The third-order valence-electron chi connectivity index (χ3n) is 4.04. The Hall–Kier alpha value is -1.80. The lowest BCUT2D eigenvalue weighted by atomic mass is 9.97. The van der Waals surface area contributed by atoms with Crippen molar-refractivity contribution < 1.29 is 18.0 Å². The van der Waals surface area contributed by atoms with E-state index in [1.54, 1.807) is 18.2 Å². The number of fused-ring (bicyclic) bond motifs is 1. The van der Waals surface area contributed by atoms with Gasteiger partial charge in [-0.25, -0.2) is 0 Å². The number of halogens is 4. The number of likely N-dealkylation sites (N-methyl/N-ethyl adjacent to an activating group) is 1. The molecule has 0 saturated carbocycles. The molecule has 2 aromatic rings. The molecule has 3 rings (SSSR count). The van der Waals surface area contributed by atoms with Crippen molar-refractivity contribution >= 4 is 28.4 Å². The molecule has 1 saturated heterocycles. The van der Waals surface area contributed by atoms with Crippen molar-refractivity contribution in [1.29, 1.82) is 0 Å². The highest BCUT2D eigenvalue weighted by molar-refractivity contribution is 6.31. The number of benzene rings is 1. The van der Waals surface area contributed by atoms with Crippen LogP contribution in [0.5, 0.6) is 0 Å². The molecule has 0 atom stereocenters. The molecule has 1 aromatic carbocycles. The van der Waals surface area contributed by atoms with E-state index in [4.69, 9.17) is 11.6 Å². The number of rotatable bonds is 4. The summed E-state index contributed by atoms with van der Waals surface area (Å²) >= 11 is 6.04. The number of nitrogens with zero attached hydrogens (tertiary/aromatic N) is 3. The topological polar surface area (TPSA) is 50.2 Å². The predicted octanol–water partition coefficient (Wildman–Crippen LogP) is 2.40. The van der Waals surface area contributed by atoms with E-state index < -0.39 is 18.6 Å². The van der Waals surface area contributed by atoms with E-state index in [0.717, 1.165) is 31.2 Å². The van der Waals surface area contributed by atoms with Gasteiger partial charge in [-0.3, -0.25) is 9.48 Å². The van der Waals surface area contributed by atoms with Crippen molar-refractivity contribution in [3.8, 4) is 0 Å². The van der Waals surface area contributed by atoms with E-state index in [0.29, 0.717) is 15.4 Å². The van der Waals surface area contributed by atoms with Gasteiger partial charge in [0.15, 0.2) is 0 Å². The van der Waals surface area contributed by atoms with Gasteiger partial charge in [-0.2, -0.15) is 18.3 Å². The maximum Gasteiger partial charge on any atom is 0.406 e. The lowest BCUT2D eigenvalue weighted by Crippen LogP contribution is -2.40. The van der Waals surface area contributed by atoms with Gasteiger partial charge in [-0.05, 0) is 18.2 Å². The number of carbonyl (C=O) groups is 1. The quantitative estimate of drug-likeness (QED) is 0.911. The fourth-order valence-electron chi connectivity index (χ4n) is 2.69. The Labute approximate surface area is 141 Å². The monoisotopic (exact) mass is 360 g/mol. The van der Waals surface area contributed by atoms with Gasteiger partial charge >= 0.3 is 6.18 Å². The molecule has 1 aliphatic rings. The van der Waals surface area contributed by atoms with Crippen LogP contribution in [0.2, 0.25) is 5.02 Å². The third-order valence-corrected chi connectivity index (χ3v) is 4.27. The molecule has 130 valence electrons. The molecular weight excluding hydrogens is 345 g/mol. The average molecular weight is 361 g/mol. The van der Waals surface area contributed by atoms with E-state index in [1.807, 2.05) is 0 Å². The lowest BCUT2D eigenvalue weighted by Gasteiger charge is -2.25. The Kier molecular flexibility index (Phi) is 4.44. The van der Waals surface area contributed by atoms with E-state index >= 15 is 0 Å². The minimum atomic E-state index is -4.42. The summed E-state index contributed by atoms with van der Waals surface area (Å²) in [7, 11) is 1.13. The summed E-state index contributed by atoms with van der Waals surface area (Å²) < 4.78 is 38.7. The van der Waals surface area contributed by atoms with E-state index in [9.17, 15) is 18.0 Å². The highest BCUT2D eigenvalue weighted by atomic mass is 35.5. The van der Waals surface area contributed by atoms with Gasteiger partial charge in [0.2, 0.25) is 5.91 Å². The maximum absolute atomic E-state index is 12.4. The van der Waals surface area contributed by atoms with Crippen molar-refractivity contribution in [2.45, 2.75) is 18.6 Å². The van der Waals surface area contributed by atoms with Crippen molar-refractivity contribution in [2.24, 2.45) is 0 Å². The molecule has 1 aromatic heterocycles. The first-order valence-corrected chi connectivity index (χ1v) is 7.80. The smallest absolute Gasteiger partial charge is 0.335 e. The van der Waals surface area contributed by atoms with Crippen LogP contribution in [0.3, 0.4) is 0 Å². The highest BCUT2D eigenvalue weighted by Gasteiger charge is 2.32. The van der Waals surface area contributed by atoms with Gasteiger partial charge in [0.05, 0.1) is 11.2 Å². The summed E-state index contributed by atoms with van der Waals surface area (Å²) in [5.74, 6) is -0.430. The molecule has 9 heteroatoms. The average Bonchev–Trinajstić information content (AvgIpc) is 2.73. The van der Waals surface area contributed by atoms with Crippen LogP contribution in [-0.4, -0.2) is 53.4 Å². The predicted molar refractivity (Wildman–Crippen MR) is 84.0 cm³/mol. The number of nitrogens with one attached hydrogen (secondary N) is 1. The fraction of sp³-hybridized carbons (Fsp3) is 0.467. The Balaban J connectivity index is 1.88. The zero-order chi connectivity index (χ0) is 17.5. The van der Waals surface area contributed by atoms with Crippen LogP contribution in [-0.2, 0) is 11.3 Å². The minimum Gasteiger partial charge on any atom is -0.335 e. The Morgan fingerprint density at radius 3 is 2.75 bits per heavy atom. The maximum atomic E-state index is 12.4. The van der Waals surface area contributed by atoms with Crippen LogP contribution in [0.25, 0.3) is 10.9 Å². The summed E-state index contributed by atoms with van der Waals surface area (Å²) in [6.45, 7) is 0.0300. The summed E-state index contributed by atoms with van der Waals surface area (Å²) in [5, 5.41) is 9.00. The third kappa shape index (κ3) is 3.49. The Morgan fingerprint density at radius 1 is 1.46 bits per heavy atom. The van der Waals surface area contributed by atoms with Crippen LogP contribution < -0.4 is 5.32 Å². The van der Waals surface area contributed by atoms with Gasteiger partial charge in [-0.15, -0.1) is 0 Å². The van der Waals surface area contributed by atoms with Gasteiger partial charge in [-0.1, -0.05) is 11.6 Å².